The number of piperidine rings is 1. The molecule has 3 aromatic rings. The number of methoxy groups -OCH3 is 1. The van der Waals surface area contributed by atoms with Crippen LogP contribution in [0.15, 0.2) is 60.9 Å². The van der Waals surface area contributed by atoms with Crippen molar-refractivity contribution in [3.8, 4) is 11.4 Å². The van der Waals surface area contributed by atoms with Crippen molar-refractivity contribution >= 4 is 17.5 Å². The molecule has 5 nitrogen and oxygen atoms in total. The second-order valence-electron chi connectivity index (χ2n) is 8.65. The molecule has 1 N–H and O–H groups in total. The van der Waals surface area contributed by atoms with Crippen LogP contribution >= 0.6 is 11.6 Å². The van der Waals surface area contributed by atoms with Crippen molar-refractivity contribution in [1.29, 1.82) is 0 Å². The van der Waals surface area contributed by atoms with Gasteiger partial charge in [-0.25, -0.2) is 0 Å². The number of carbonyl (C=O) groups excluding carboxylic acids is 1. The van der Waals surface area contributed by atoms with Gasteiger partial charge in [0.25, 0.3) is 0 Å². The van der Waals surface area contributed by atoms with Gasteiger partial charge >= 0.3 is 6.18 Å². The van der Waals surface area contributed by atoms with E-state index in [9.17, 15) is 18.0 Å². The van der Waals surface area contributed by atoms with Crippen molar-refractivity contribution in [3.63, 3.8) is 0 Å². The highest BCUT2D eigenvalue weighted by Gasteiger charge is 2.30. The van der Waals surface area contributed by atoms with E-state index in [0.29, 0.717) is 29.5 Å². The number of hydrogen-bond acceptors (Lipinski definition) is 3. The topological polar surface area (TPSA) is 46.5 Å². The fourth-order valence-corrected chi connectivity index (χ4v) is 4.49. The maximum atomic E-state index is 13.5. The number of amides is 1. The highest BCUT2D eigenvalue weighted by Crippen LogP contribution is 2.30. The van der Waals surface area contributed by atoms with Gasteiger partial charge in [-0.15, -0.1) is 0 Å². The summed E-state index contributed by atoms with van der Waals surface area (Å²) in [5.41, 5.74) is 1.64. The first-order valence-electron chi connectivity index (χ1n) is 11.4. The van der Waals surface area contributed by atoms with E-state index in [4.69, 9.17) is 16.3 Å². The molecular formula is C26H27ClF3N3O2. The molecule has 0 saturated carbocycles. The molecule has 186 valence electrons. The van der Waals surface area contributed by atoms with E-state index in [1.54, 1.807) is 30.0 Å². The molecule has 1 fully saturated rings. The van der Waals surface area contributed by atoms with Gasteiger partial charge in [-0.05, 0) is 74.0 Å². The van der Waals surface area contributed by atoms with Crippen LogP contribution in [0.1, 0.15) is 29.5 Å². The van der Waals surface area contributed by atoms with E-state index in [1.165, 1.54) is 12.1 Å². The zero-order valence-corrected chi connectivity index (χ0v) is 20.1. The zero-order valence-electron chi connectivity index (χ0n) is 19.3. The Kier molecular flexibility index (Phi) is 7.72. The standard InChI is InChI=1S/C26H27ClF3N3O2/c1-35-24-14-22(27)5-2-20(24)17-33(25(34)19-8-11-31-12-9-19)16-18-10-13-32(15-18)23-6-3-21(4-7-23)26(28,29)30/h2-7,10,13-15,19,31H,8-9,11-12,16-17H2,1H3. The van der Waals surface area contributed by atoms with Gasteiger partial charge in [-0.3, -0.25) is 4.79 Å². The molecule has 1 saturated heterocycles. The Morgan fingerprint density at radius 2 is 1.83 bits per heavy atom. The van der Waals surface area contributed by atoms with Gasteiger partial charge in [0.1, 0.15) is 5.75 Å². The smallest absolute Gasteiger partial charge is 0.416 e. The molecule has 0 atom stereocenters. The molecule has 0 unspecified atom stereocenters. The first-order valence-corrected chi connectivity index (χ1v) is 11.8. The molecule has 0 bridgehead atoms. The summed E-state index contributed by atoms with van der Waals surface area (Å²) in [5.74, 6) is 0.625. The van der Waals surface area contributed by atoms with Crippen LogP contribution in [0.25, 0.3) is 5.69 Å². The van der Waals surface area contributed by atoms with Crippen molar-refractivity contribution in [2.75, 3.05) is 20.2 Å². The monoisotopic (exact) mass is 505 g/mol. The summed E-state index contributed by atoms with van der Waals surface area (Å²) in [5, 5.41) is 3.84. The van der Waals surface area contributed by atoms with Crippen molar-refractivity contribution in [1.82, 2.24) is 14.8 Å². The Hall–Kier alpha value is -2.97. The number of benzene rings is 2. The van der Waals surface area contributed by atoms with Gasteiger partial charge in [0, 0.05) is 47.7 Å². The lowest BCUT2D eigenvalue weighted by Crippen LogP contribution is -2.40. The van der Waals surface area contributed by atoms with Crippen molar-refractivity contribution < 1.29 is 22.7 Å². The number of rotatable bonds is 7. The van der Waals surface area contributed by atoms with Crippen molar-refractivity contribution in [3.05, 3.63) is 82.6 Å². The van der Waals surface area contributed by atoms with Crippen LogP contribution in [-0.2, 0) is 24.1 Å². The van der Waals surface area contributed by atoms with E-state index in [2.05, 4.69) is 5.32 Å². The molecule has 2 heterocycles. The molecule has 0 aliphatic carbocycles. The van der Waals surface area contributed by atoms with E-state index < -0.39 is 11.7 Å². The van der Waals surface area contributed by atoms with Crippen LogP contribution < -0.4 is 10.1 Å². The Balaban J connectivity index is 1.56. The molecule has 0 radical (unpaired) electrons. The molecule has 1 amide bonds. The first-order chi connectivity index (χ1) is 16.7. The summed E-state index contributed by atoms with van der Waals surface area (Å²) in [6, 6.07) is 12.2. The maximum absolute atomic E-state index is 13.5. The summed E-state index contributed by atoms with van der Waals surface area (Å²) in [6.07, 6.45) is 0.802. The number of nitrogens with one attached hydrogen (secondary N) is 1. The molecule has 1 aliphatic rings. The van der Waals surface area contributed by atoms with Crippen LogP contribution in [-0.4, -0.2) is 35.6 Å². The van der Waals surface area contributed by atoms with Gasteiger partial charge in [-0.1, -0.05) is 17.7 Å². The number of carbonyl (C=O) groups is 1. The Morgan fingerprint density at radius 1 is 1.11 bits per heavy atom. The molecule has 9 heteroatoms. The SMILES string of the molecule is COc1cc(Cl)ccc1CN(Cc1ccn(-c2ccc(C(F)(F)F)cc2)c1)C(=O)C1CCNCC1. The fraction of sp³-hybridized carbons (Fsp3) is 0.346. The number of hydrogen-bond donors (Lipinski definition) is 1. The minimum atomic E-state index is -4.38. The quantitative estimate of drug-likeness (QED) is 0.449. The Bertz CT molecular complexity index is 1160. The third kappa shape index (κ3) is 6.18. The van der Waals surface area contributed by atoms with Gasteiger partial charge in [0.2, 0.25) is 5.91 Å². The summed E-state index contributed by atoms with van der Waals surface area (Å²) < 4.78 is 45.9. The fourth-order valence-electron chi connectivity index (χ4n) is 4.33. The highest BCUT2D eigenvalue weighted by molar-refractivity contribution is 6.30. The Labute approximate surface area is 207 Å². The number of aromatic nitrogens is 1. The van der Waals surface area contributed by atoms with Crippen molar-refractivity contribution in [2.24, 2.45) is 5.92 Å². The number of halogens is 4. The summed E-state index contributed by atoms with van der Waals surface area (Å²) in [6.45, 7) is 2.33. The summed E-state index contributed by atoms with van der Waals surface area (Å²) >= 11 is 6.11. The van der Waals surface area contributed by atoms with Gasteiger partial charge in [-0.2, -0.15) is 13.2 Å². The zero-order chi connectivity index (χ0) is 25.0. The van der Waals surface area contributed by atoms with Crippen LogP contribution in [0.4, 0.5) is 13.2 Å². The Morgan fingerprint density at radius 3 is 2.49 bits per heavy atom. The molecule has 35 heavy (non-hydrogen) atoms. The van der Waals surface area contributed by atoms with E-state index in [1.807, 2.05) is 23.2 Å². The average molecular weight is 506 g/mol. The third-order valence-electron chi connectivity index (χ3n) is 6.23. The molecule has 4 rings (SSSR count). The predicted molar refractivity (Wildman–Crippen MR) is 129 cm³/mol. The lowest BCUT2D eigenvalue weighted by atomic mass is 9.96. The predicted octanol–water partition coefficient (Wildman–Crippen LogP) is 5.69. The lowest BCUT2D eigenvalue weighted by molar-refractivity contribution is -0.138. The molecule has 1 aromatic heterocycles. The maximum Gasteiger partial charge on any atom is 0.416 e. The summed E-state index contributed by atoms with van der Waals surface area (Å²) in [4.78, 5) is 15.3. The van der Waals surface area contributed by atoms with Crippen LogP contribution in [0.3, 0.4) is 0 Å². The third-order valence-corrected chi connectivity index (χ3v) is 6.47. The summed E-state index contributed by atoms with van der Waals surface area (Å²) in [7, 11) is 1.57. The van der Waals surface area contributed by atoms with Gasteiger partial charge in [0.05, 0.1) is 12.7 Å². The van der Waals surface area contributed by atoms with Gasteiger partial charge in [0.15, 0.2) is 0 Å². The average Bonchev–Trinajstić information content (AvgIpc) is 3.33. The van der Waals surface area contributed by atoms with E-state index in [0.717, 1.165) is 49.2 Å². The van der Waals surface area contributed by atoms with E-state index >= 15 is 0 Å². The second-order valence-corrected chi connectivity index (χ2v) is 9.08. The normalized spacial score (nSPS) is 14.7. The number of nitrogens with zero attached hydrogens (tertiary/aromatic N) is 2. The van der Waals surface area contributed by atoms with Crippen LogP contribution in [0.5, 0.6) is 5.75 Å². The molecule has 1 aliphatic heterocycles. The first kappa shape index (κ1) is 25.1. The van der Waals surface area contributed by atoms with E-state index in [-0.39, 0.29) is 11.8 Å². The minimum Gasteiger partial charge on any atom is -0.496 e. The molecule has 2 aromatic carbocycles. The number of alkyl halides is 3. The second kappa shape index (κ2) is 10.7. The van der Waals surface area contributed by atoms with Gasteiger partial charge < -0.3 is 19.5 Å². The molecule has 0 spiro atoms. The van der Waals surface area contributed by atoms with Crippen LogP contribution in [0.2, 0.25) is 5.02 Å². The van der Waals surface area contributed by atoms with Crippen molar-refractivity contribution in [2.45, 2.75) is 32.1 Å². The largest absolute Gasteiger partial charge is 0.496 e. The molecular weight excluding hydrogens is 479 g/mol. The number of ether oxygens (including phenoxy) is 1. The highest BCUT2D eigenvalue weighted by atomic mass is 35.5. The minimum absolute atomic E-state index is 0.0634. The van der Waals surface area contributed by atoms with Crippen LogP contribution in [0, 0.1) is 5.92 Å². The lowest BCUT2D eigenvalue weighted by Gasteiger charge is -2.30.